The number of carbonyl (C=O) groups is 4. The molecule has 0 fully saturated rings. The SMILES string of the molecule is Cc1[nH]c(C(=O)OCC(=O)N(C)CC(=O)Nc2ccccc2Cl)c(C)c1C(=O)OC(C)C. The first-order chi connectivity index (χ1) is 15.0. The van der Waals surface area contributed by atoms with Crippen molar-refractivity contribution >= 4 is 41.0 Å². The summed E-state index contributed by atoms with van der Waals surface area (Å²) in [6.45, 7) is 5.84. The first-order valence-electron chi connectivity index (χ1n) is 9.86. The van der Waals surface area contributed by atoms with E-state index in [1.807, 2.05) is 0 Å². The molecule has 9 nitrogen and oxygen atoms in total. The molecule has 0 atom stereocenters. The number of anilines is 1. The number of benzene rings is 1. The number of esters is 2. The number of rotatable bonds is 8. The van der Waals surface area contributed by atoms with E-state index >= 15 is 0 Å². The molecule has 1 aromatic heterocycles. The van der Waals surface area contributed by atoms with Crippen molar-refractivity contribution in [3.8, 4) is 0 Å². The molecule has 2 rings (SSSR count). The van der Waals surface area contributed by atoms with Crippen molar-refractivity contribution < 1.29 is 28.7 Å². The molecule has 0 saturated heterocycles. The zero-order valence-electron chi connectivity index (χ0n) is 18.6. The van der Waals surface area contributed by atoms with Gasteiger partial charge in [0.15, 0.2) is 6.61 Å². The number of nitrogens with one attached hydrogen (secondary N) is 2. The highest BCUT2D eigenvalue weighted by molar-refractivity contribution is 6.33. The Labute approximate surface area is 191 Å². The highest BCUT2D eigenvalue weighted by Gasteiger charge is 2.25. The van der Waals surface area contributed by atoms with Gasteiger partial charge in [-0.3, -0.25) is 9.59 Å². The molecule has 0 saturated carbocycles. The average Bonchev–Trinajstić information content (AvgIpc) is 3.01. The molecule has 1 aromatic carbocycles. The van der Waals surface area contributed by atoms with E-state index in [4.69, 9.17) is 21.1 Å². The van der Waals surface area contributed by atoms with Crippen LogP contribution in [0.1, 0.15) is 46.0 Å². The van der Waals surface area contributed by atoms with Crippen molar-refractivity contribution in [3.63, 3.8) is 0 Å². The van der Waals surface area contributed by atoms with Gasteiger partial charge >= 0.3 is 11.9 Å². The van der Waals surface area contributed by atoms with Gasteiger partial charge in [-0.15, -0.1) is 0 Å². The fraction of sp³-hybridized carbons (Fsp3) is 0.364. The van der Waals surface area contributed by atoms with Crippen molar-refractivity contribution in [2.75, 3.05) is 25.5 Å². The normalized spacial score (nSPS) is 10.6. The van der Waals surface area contributed by atoms with Crippen LogP contribution in [-0.2, 0) is 19.1 Å². The van der Waals surface area contributed by atoms with Gasteiger partial charge in [0.25, 0.3) is 5.91 Å². The Hall–Kier alpha value is -3.33. The topological polar surface area (TPSA) is 118 Å². The highest BCUT2D eigenvalue weighted by Crippen LogP contribution is 2.21. The monoisotopic (exact) mass is 463 g/mol. The second-order valence-electron chi connectivity index (χ2n) is 7.43. The summed E-state index contributed by atoms with van der Waals surface area (Å²) in [5, 5.41) is 2.98. The van der Waals surface area contributed by atoms with Crippen LogP contribution in [0.25, 0.3) is 0 Å². The molecule has 2 N–H and O–H groups in total. The van der Waals surface area contributed by atoms with Crippen LogP contribution in [0.5, 0.6) is 0 Å². The minimum absolute atomic E-state index is 0.0603. The highest BCUT2D eigenvalue weighted by atomic mass is 35.5. The zero-order valence-corrected chi connectivity index (χ0v) is 19.3. The average molecular weight is 464 g/mol. The van der Waals surface area contributed by atoms with E-state index < -0.39 is 30.4 Å². The number of hydrogen-bond acceptors (Lipinski definition) is 6. The van der Waals surface area contributed by atoms with Crippen LogP contribution >= 0.6 is 11.6 Å². The van der Waals surface area contributed by atoms with Gasteiger partial charge in [-0.25, -0.2) is 9.59 Å². The Bertz CT molecular complexity index is 1030. The number of aryl methyl sites for hydroxylation is 1. The van der Waals surface area contributed by atoms with Crippen molar-refractivity contribution in [1.82, 2.24) is 9.88 Å². The standard InChI is InChI=1S/C22H26ClN3O6/c1-12(2)32-21(29)19-13(3)20(24-14(19)4)22(30)31-11-18(28)26(5)10-17(27)25-16-9-7-6-8-15(16)23/h6-9,12,24H,10-11H2,1-5H3,(H,25,27). The molecular formula is C22H26ClN3O6. The van der Waals surface area contributed by atoms with Crippen molar-refractivity contribution in [2.24, 2.45) is 0 Å². The predicted molar refractivity (Wildman–Crippen MR) is 119 cm³/mol. The van der Waals surface area contributed by atoms with Crippen LogP contribution in [0.4, 0.5) is 5.69 Å². The fourth-order valence-corrected chi connectivity index (χ4v) is 3.08. The molecule has 1 heterocycles. The van der Waals surface area contributed by atoms with Gasteiger partial charge in [0.1, 0.15) is 5.69 Å². The summed E-state index contributed by atoms with van der Waals surface area (Å²) in [6, 6.07) is 6.71. The van der Waals surface area contributed by atoms with E-state index in [2.05, 4.69) is 10.3 Å². The summed E-state index contributed by atoms with van der Waals surface area (Å²) in [5.74, 6) is -2.38. The maximum absolute atomic E-state index is 12.4. The van der Waals surface area contributed by atoms with Crippen molar-refractivity contribution in [1.29, 1.82) is 0 Å². The van der Waals surface area contributed by atoms with Crippen LogP contribution in [0, 0.1) is 13.8 Å². The number of halogens is 1. The number of H-pyrrole nitrogens is 1. The number of carbonyl (C=O) groups excluding carboxylic acids is 4. The number of nitrogens with zero attached hydrogens (tertiary/aromatic N) is 1. The van der Waals surface area contributed by atoms with Gasteiger partial charge in [-0.2, -0.15) is 0 Å². The van der Waals surface area contributed by atoms with Gasteiger partial charge < -0.3 is 24.7 Å². The van der Waals surface area contributed by atoms with Gasteiger partial charge in [0.05, 0.1) is 28.9 Å². The Morgan fingerprint density at radius 2 is 1.78 bits per heavy atom. The Kier molecular flexibility index (Phi) is 8.42. The lowest BCUT2D eigenvalue weighted by Gasteiger charge is -2.17. The summed E-state index contributed by atoms with van der Waals surface area (Å²) in [7, 11) is 1.41. The fourth-order valence-electron chi connectivity index (χ4n) is 2.90. The molecule has 0 aliphatic heterocycles. The van der Waals surface area contributed by atoms with Crippen molar-refractivity contribution in [2.45, 2.75) is 33.8 Å². The van der Waals surface area contributed by atoms with Gasteiger partial charge in [0.2, 0.25) is 5.91 Å². The molecule has 2 aromatic rings. The Balaban J connectivity index is 1.93. The van der Waals surface area contributed by atoms with Crippen LogP contribution in [-0.4, -0.2) is 59.9 Å². The maximum Gasteiger partial charge on any atom is 0.355 e. The number of amides is 2. The molecule has 0 aliphatic carbocycles. The summed E-state index contributed by atoms with van der Waals surface area (Å²) < 4.78 is 10.3. The van der Waals surface area contributed by atoms with E-state index in [1.165, 1.54) is 7.05 Å². The molecule has 0 unspecified atom stereocenters. The minimum atomic E-state index is -0.795. The summed E-state index contributed by atoms with van der Waals surface area (Å²) in [5.41, 5.74) is 1.57. The van der Waals surface area contributed by atoms with Crippen LogP contribution in [0.3, 0.4) is 0 Å². The molecular weight excluding hydrogens is 438 g/mol. The first-order valence-corrected chi connectivity index (χ1v) is 10.2. The molecule has 32 heavy (non-hydrogen) atoms. The molecule has 10 heteroatoms. The lowest BCUT2D eigenvalue weighted by Crippen LogP contribution is -2.37. The Morgan fingerprint density at radius 1 is 1.12 bits per heavy atom. The first kappa shape index (κ1) is 24.9. The van der Waals surface area contributed by atoms with Crippen LogP contribution in [0.2, 0.25) is 5.02 Å². The molecule has 0 spiro atoms. The molecule has 0 radical (unpaired) electrons. The Morgan fingerprint density at radius 3 is 2.41 bits per heavy atom. The van der Waals surface area contributed by atoms with Gasteiger partial charge in [0, 0.05) is 12.7 Å². The minimum Gasteiger partial charge on any atom is -0.459 e. The van der Waals surface area contributed by atoms with Gasteiger partial charge in [-0.05, 0) is 45.4 Å². The molecule has 2 amide bonds. The van der Waals surface area contributed by atoms with Crippen LogP contribution < -0.4 is 5.32 Å². The number of hydrogen-bond donors (Lipinski definition) is 2. The van der Waals surface area contributed by atoms with Gasteiger partial charge in [-0.1, -0.05) is 23.7 Å². The number of likely N-dealkylation sites (N-methyl/N-ethyl adjacent to an activating group) is 1. The molecule has 172 valence electrons. The lowest BCUT2D eigenvalue weighted by molar-refractivity contribution is -0.136. The third-order valence-corrected chi connectivity index (χ3v) is 4.80. The number of ether oxygens (including phenoxy) is 2. The largest absolute Gasteiger partial charge is 0.459 e. The van der Waals surface area contributed by atoms with Crippen LogP contribution in [0.15, 0.2) is 24.3 Å². The van der Waals surface area contributed by atoms with E-state index in [0.717, 1.165) is 4.90 Å². The quantitative estimate of drug-likeness (QED) is 0.581. The van der Waals surface area contributed by atoms with E-state index in [0.29, 0.717) is 22.0 Å². The molecule has 0 aliphatic rings. The summed E-state index contributed by atoms with van der Waals surface area (Å²) in [4.78, 5) is 53.0. The number of aromatic amines is 1. The third-order valence-electron chi connectivity index (χ3n) is 4.47. The smallest absolute Gasteiger partial charge is 0.355 e. The zero-order chi connectivity index (χ0) is 24.0. The summed E-state index contributed by atoms with van der Waals surface area (Å²) >= 11 is 6.00. The predicted octanol–water partition coefficient (Wildman–Crippen LogP) is 3.10. The van der Waals surface area contributed by atoms with E-state index in [1.54, 1.807) is 52.0 Å². The third kappa shape index (κ3) is 6.34. The molecule has 0 bridgehead atoms. The number of para-hydroxylation sites is 1. The second-order valence-corrected chi connectivity index (χ2v) is 7.84. The summed E-state index contributed by atoms with van der Waals surface area (Å²) in [6.07, 6.45) is -0.310. The van der Waals surface area contributed by atoms with E-state index in [-0.39, 0.29) is 23.9 Å². The van der Waals surface area contributed by atoms with Crippen molar-refractivity contribution in [3.05, 3.63) is 51.8 Å². The lowest BCUT2D eigenvalue weighted by atomic mass is 10.1. The second kappa shape index (κ2) is 10.8. The maximum atomic E-state index is 12.4. The number of aromatic nitrogens is 1. The van der Waals surface area contributed by atoms with E-state index in [9.17, 15) is 19.2 Å².